The largest absolute Gasteiger partial charge is 1.00 e. The van der Waals surface area contributed by atoms with Gasteiger partial charge >= 0.3 is 0 Å². The van der Waals surface area contributed by atoms with Crippen molar-refractivity contribution in [2.45, 2.75) is 6.54 Å². The number of nitrogens with zero attached hydrogens (tertiary/aromatic N) is 2. The first-order valence-corrected chi connectivity index (χ1v) is 5.50. The van der Waals surface area contributed by atoms with Gasteiger partial charge in [0.25, 0.3) is 0 Å². The van der Waals surface area contributed by atoms with E-state index >= 15 is 0 Å². The summed E-state index contributed by atoms with van der Waals surface area (Å²) in [7, 11) is 0. The van der Waals surface area contributed by atoms with Crippen LogP contribution in [0.25, 0.3) is 22.6 Å². The van der Waals surface area contributed by atoms with Gasteiger partial charge in [0, 0.05) is 6.54 Å². The van der Waals surface area contributed by atoms with Crippen molar-refractivity contribution in [2.24, 2.45) is 0 Å². The Hall–Kier alpha value is -2.00. The Morgan fingerprint density at radius 2 is 2.06 bits per heavy atom. The highest BCUT2D eigenvalue weighted by Crippen LogP contribution is 2.24. The van der Waals surface area contributed by atoms with Gasteiger partial charge in [-0.1, -0.05) is 18.2 Å². The summed E-state index contributed by atoms with van der Waals surface area (Å²) in [5, 5.41) is 0. The maximum Gasteiger partial charge on any atom is 0.177 e. The summed E-state index contributed by atoms with van der Waals surface area (Å²) in [6.07, 6.45) is 3.52. The fourth-order valence-corrected chi connectivity index (χ4v) is 1.98. The highest BCUT2D eigenvalue weighted by atomic mass is 35.5. The zero-order valence-electron chi connectivity index (χ0n) is 9.71. The van der Waals surface area contributed by atoms with Crippen LogP contribution in [-0.2, 0) is 6.54 Å². The summed E-state index contributed by atoms with van der Waals surface area (Å²) >= 11 is 0. The average Bonchev–Trinajstić information content (AvgIpc) is 2.97. The van der Waals surface area contributed by atoms with Crippen molar-refractivity contribution in [1.29, 1.82) is 0 Å². The van der Waals surface area contributed by atoms with Gasteiger partial charge in [-0.25, -0.2) is 4.98 Å². The Bertz CT molecular complexity index is 656. The van der Waals surface area contributed by atoms with Crippen LogP contribution in [0.5, 0.6) is 0 Å². The van der Waals surface area contributed by atoms with Crippen LogP contribution < -0.4 is 12.4 Å². The van der Waals surface area contributed by atoms with Crippen molar-refractivity contribution in [3.05, 3.63) is 55.3 Å². The Morgan fingerprint density at radius 3 is 2.78 bits per heavy atom. The van der Waals surface area contributed by atoms with Gasteiger partial charge in [0.1, 0.15) is 0 Å². The molecule has 0 fully saturated rings. The van der Waals surface area contributed by atoms with Gasteiger partial charge in [-0.3, -0.25) is 0 Å². The van der Waals surface area contributed by atoms with E-state index in [1.165, 1.54) is 0 Å². The standard InChI is InChI=1S/C14H12N2O.ClH/c1-2-9-16-12-7-4-3-6-11(12)15-14(16)13-8-5-10-17-13;/h2-8,10H,1,9H2;1H/p-1. The molecule has 3 rings (SSSR count). The Labute approximate surface area is 111 Å². The van der Waals surface area contributed by atoms with Crippen molar-refractivity contribution < 1.29 is 16.8 Å². The number of hydrogen-bond donors (Lipinski definition) is 0. The lowest BCUT2D eigenvalue weighted by atomic mass is 10.3. The second kappa shape index (κ2) is 5.10. The van der Waals surface area contributed by atoms with Gasteiger partial charge in [0.05, 0.1) is 17.3 Å². The molecule has 0 atom stereocenters. The van der Waals surface area contributed by atoms with Crippen LogP contribution in [0.2, 0.25) is 0 Å². The highest BCUT2D eigenvalue weighted by molar-refractivity contribution is 5.79. The third kappa shape index (κ3) is 1.93. The SMILES string of the molecule is C=CCn1c(-c2ccco2)nc2ccccc21.[Cl-]. The third-order valence-corrected chi connectivity index (χ3v) is 2.71. The van der Waals surface area contributed by atoms with Gasteiger partial charge < -0.3 is 21.4 Å². The Kier molecular flexibility index (Phi) is 3.53. The van der Waals surface area contributed by atoms with Crippen LogP contribution in [0.4, 0.5) is 0 Å². The lowest BCUT2D eigenvalue weighted by Gasteiger charge is -2.03. The minimum Gasteiger partial charge on any atom is -1.00 e. The highest BCUT2D eigenvalue weighted by Gasteiger charge is 2.12. The molecular weight excluding hydrogens is 248 g/mol. The zero-order valence-corrected chi connectivity index (χ0v) is 10.5. The average molecular weight is 260 g/mol. The smallest absolute Gasteiger partial charge is 0.177 e. The number of para-hydroxylation sites is 2. The number of aromatic nitrogens is 2. The predicted molar refractivity (Wildman–Crippen MR) is 67.6 cm³/mol. The van der Waals surface area contributed by atoms with Crippen LogP contribution in [0.15, 0.2) is 59.7 Å². The van der Waals surface area contributed by atoms with E-state index in [4.69, 9.17) is 4.42 Å². The minimum absolute atomic E-state index is 0. The minimum atomic E-state index is 0. The first-order valence-electron chi connectivity index (χ1n) is 5.50. The maximum absolute atomic E-state index is 5.42. The van der Waals surface area contributed by atoms with E-state index in [2.05, 4.69) is 22.2 Å². The van der Waals surface area contributed by atoms with E-state index in [1.54, 1.807) is 6.26 Å². The van der Waals surface area contributed by atoms with Crippen LogP contribution in [0.1, 0.15) is 0 Å². The topological polar surface area (TPSA) is 31.0 Å². The normalized spacial score (nSPS) is 10.2. The maximum atomic E-state index is 5.42. The number of fused-ring (bicyclic) bond motifs is 1. The van der Waals surface area contributed by atoms with Gasteiger partial charge in [0.15, 0.2) is 11.6 Å². The van der Waals surface area contributed by atoms with Gasteiger partial charge in [0.2, 0.25) is 0 Å². The fraction of sp³-hybridized carbons (Fsp3) is 0.0714. The van der Waals surface area contributed by atoms with Crippen LogP contribution in [0, 0.1) is 0 Å². The van der Waals surface area contributed by atoms with Crippen molar-refractivity contribution in [2.75, 3.05) is 0 Å². The molecule has 3 nitrogen and oxygen atoms in total. The quantitative estimate of drug-likeness (QED) is 0.641. The second-order valence-electron chi connectivity index (χ2n) is 3.80. The summed E-state index contributed by atoms with van der Waals surface area (Å²) in [6.45, 7) is 4.50. The molecule has 2 heterocycles. The number of benzene rings is 1. The summed E-state index contributed by atoms with van der Waals surface area (Å²) < 4.78 is 7.52. The molecule has 4 heteroatoms. The van der Waals surface area contributed by atoms with E-state index in [1.807, 2.05) is 36.4 Å². The molecule has 0 N–H and O–H groups in total. The van der Waals surface area contributed by atoms with E-state index < -0.39 is 0 Å². The molecule has 2 aromatic heterocycles. The monoisotopic (exact) mass is 259 g/mol. The molecule has 0 aliphatic heterocycles. The predicted octanol–water partition coefficient (Wildman–Crippen LogP) is 0.486. The molecule has 18 heavy (non-hydrogen) atoms. The van der Waals surface area contributed by atoms with Crippen molar-refractivity contribution in [1.82, 2.24) is 9.55 Å². The number of furan rings is 1. The molecular formula is C14H12ClN2O-. The molecule has 0 aliphatic carbocycles. The van der Waals surface area contributed by atoms with Crippen LogP contribution in [0.3, 0.4) is 0 Å². The number of imidazole rings is 1. The molecule has 0 radical (unpaired) electrons. The number of allylic oxidation sites excluding steroid dienone is 1. The molecule has 0 spiro atoms. The third-order valence-electron chi connectivity index (χ3n) is 2.71. The van der Waals surface area contributed by atoms with Crippen molar-refractivity contribution >= 4 is 11.0 Å². The molecule has 0 bridgehead atoms. The van der Waals surface area contributed by atoms with Crippen LogP contribution >= 0.6 is 0 Å². The van der Waals surface area contributed by atoms with Gasteiger partial charge in [-0.05, 0) is 24.3 Å². The fourth-order valence-electron chi connectivity index (χ4n) is 1.98. The zero-order chi connectivity index (χ0) is 11.7. The number of hydrogen-bond acceptors (Lipinski definition) is 2. The summed E-state index contributed by atoms with van der Waals surface area (Å²) in [5.41, 5.74) is 2.07. The van der Waals surface area contributed by atoms with Crippen molar-refractivity contribution in [3.8, 4) is 11.6 Å². The van der Waals surface area contributed by atoms with Crippen LogP contribution in [-0.4, -0.2) is 9.55 Å². The molecule has 0 unspecified atom stereocenters. The van der Waals surface area contributed by atoms with E-state index in [-0.39, 0.29) is 12.4 Å². The summed E-state index contributed by atoms with van der Waals surface area (Å²) in [6, 6.07) is 11.8. The summed E-state index contributed by atoms with van der Waals surface area (Å²) in [5.74, 6) is 1.62. The van der Waals surface area contributed by atoms with E-state index in [0.717, 1.165) is 29.2 Å². The molecule has 3 aromatic rings. The molecule has 92 valence electrons. The first kappa shape index (κ1) is 12.5. The molecule has 0 amide bonds. The number of rotatable bonds is 3. The van der Waals surface area contributed by atoms with E-state index in [0.29, 0.717) is 0 Å². The van der Waals surface area contributed by atoms with Crippen molar-refractivity contribution in [3.63, 3.8) is 0 Å². The van der Waals surface area contributed by atoms with Gasteiger partial charge in [-0.2, -0.15) is 0 Å². The summed E-state index contributed by atoms with van der Waals surface area (Å²) in [4.78, 5) is 4.60. The second-order valence-corrected chi connectivity index (χ2v) is 3.80. The molecule has 0 saturated heterocycles. The molecule has 0 saturated carbocycles. The Balaban J connectivity index is 0.00000120. The molecule has 0 aliphatic rings. The first-order chi connectivity index (χ1) is 8.40. The number of halogens is 1. The lowest BCUT2D eigenvalue weighted by molar-refractivity contribution is -0.00000386. The molecule has 1 aromatic carbocycles. The van der Waals surface area contributed by atoms with Gasteiger partial charge in [-0.15, -0.1) is 6.58 Å². The van der Waals surface area contributed by atoms with E-state index in [9.17, 15) is 0 Å². The lowest BCUT2D eigenvalue weighted by Crippen LogP contribution is -3.00. The Morgan fingerprint density at radius 1 is 1.22 bits per heavy atom.